The zero-order valence-corrected chi connectivity index (χ0v) is 7.90. The number of hydrazone groups is 1. The highest BCUT2D eigenvalue weighted by Crippen LogP contribution is 2.17. The molecular formula is C11H10N2O. The minimum atomic E-state index is 0.510. The molecule has 0 atom stereocenters. The number of fused-ring (bicyclic) bond motifs is 1. The average molecular weight is 186 g/mol. The quantitative estimate of drug-likeness (QED) is 0.624. The zero-order chi connectivity index (χ0) is 9.97. The third-order valence-corrected chi connectivity index (χ3v) is 2.25. The van der Waals surface area contributed by atoms with E-state index >= 15 is 0 Å². The van der Waals surface area contributed by atoms with Crippen LogP contribution < -0.4 is 0 Å². The Kier molecular flexibility index (Phi) is 2.17. The van der Waals surface area contributed by atoms with E-state index in [0.29, 0.717) is 12.2 Å². The summed E-state index contributed by atoms with van der Waals surface area (Å²) in [6, 6.07) is 8.00. The van der Waals surface area contributed by atoms with Crippen molar-refractivity contribution in [2.24, 2.45) is 5.10 Å². The minimum absolute atomic E-state index is 0.510. The van der Waals surface area contributed by atoms with E-state index in [1.165, 1.54) is 5.56 Å². The lowest BCUT2D eigenvalue weighted by atomic mass is 10.1. The lowest BCUT2D eigenvalue weighted by molar-refractivity contribution is 0.355. The molecule has 0 radical (unpaired) electrons. The Morgan fingerprint density at radius 2 is 2.29 bits per heavy atom. The largest absolute Gasteiger partial charge is 0.254 e. The monoisotopic (exact) mass is 186 g/mol. The first-order valence-corrected chi connectivity index (χ1v) is 4.42. The highest BCUT2D eigenvalue weighted by atomic mass is 16.1. The molecule has 14 heavy (non-hydrogen) atoms. The van der Waals surface area contributed by atoms with E-state index in [9.17, 15) is 4.79 Å². The van der Waals surface area contributed by atoms with Crippen LogP contribution >= 0.6 is 0 Å². The molecule has 0 N–H and O–H groups in total. The van der Waals surface area contributed by atoms with Gasteiger partial charge in [0.2, 0.25) is 0 Å². The number of hydrogen-bond donors (Lipinski definition) is 0. The highest BCUT2D eigenvalue weighted by Gasteiger charge is 2.12. The molecule has 1 heterocycles. The summed E-state index contributed by atoms with van der Waals surface area (Å²) in [7, 11) is 0. The van der Waals surface area contributed by atoms with Crippen molar-refractivity contribution in [3.05, 3.63) is 41.1 Å². The van der Waals surface area contributed by atoms with Gasteiger partial charge in [-0.15, -0.1) is 0 Å². The van der Waals surface area contributed by atoms with Crippen molar-refractivity contribution < 1.29 is 4.79 Å². The molecule has 1 aliphatic rings. The van der Waals surface area contributed by atoms with Gasteiger partial charge < -0.3 is 0 Å². The van der Waals surface area contributed by atoms with Gasteiger partial charge in [-0.25, -0.2) is 4.79 Å². The van der Waals surface area contributed by atoms with Crippen molar-refractivity contribution in [3.63, 3.8) is 0 Å². The lowest BCUT2D eigenvalue weighted by Crippen LogP contribution is -2.20. The fraction of sp³-hybridized carbons (Fsp3) is 0.182. The molecule has 1 aromatic carbocycles. The smallest absolute Gasteiger partial charge is 0.147 e. The van der Waals surface area contributed by atoms with E-state index in [0.717, 1.165) is 5.56 Å². The van der Waals surface area contributed by atoms with Gasteiger partial charge in [0.15, 0.2) is 0 Å². The highest BCUT2D eigenvalue weighted by molar-refractivity contribution is 5.82. The number of hydrogen-bond acceptors (Lipinski definition) is 3. The molecule has 1 aromatic rings. The molecule has 0 bridgehead atoms. The SMILES string of the molecule is CC(=C=O)N1Cc2ccccc2C=N1. The Labute approximate surface area is 82.3 Å². The van der Waals surface area contributed by atoms with E-state index in [-0.39, 0.29) is 0 Å². The van der Waals surface area contributed by atoms with Crippen LogP contribution in [0.5, 0.6) is 0 Å². The first-order valence-electron chi connectivity index (χ1n) is 4.42. The third kappa shape index (κ3) is 1.45. The summed E-state index contributed by atoms with van der Waals surface area (Å²) < 4.78 is 0. The summed E-state index contributed by atoms with van der Waals surface area (Å²) in [4.78, 5) is 10.4. The van der Waals surface area contributed by atoms with E-state index in [4.69, 9.17) is 0 Å². The van der Waals surface area contributed by atoms with Crippen LogP contribution in [0.3, 0.4) is 0 Å². The van der Waals surface area contributed by atoms with E-state index in [1.807, 2.05) is 30.2 Å². The molecule has 1 aliphatic heterocycles. The number of allylic oxidation sites excluding steroid dienone is 1. The first-order chi connectivity index (χ1) is 6.81. The van der Waals surface area contributed by atoms with Gasteiger partial charge in [-0.1, -0.05) is 24.3 Å². The average Bonchev–Trinajstić information content (AvgIpc) is 2.27. The molecule has 0 aliphatic carbocycles. The van der Waals surface area contributed by atoms with Crippen LogP contribution in [0.2, 0.25) is 0 Å². The standard InChI is InChI=1S/C11H10N2O/c1-9(8-14)13-7-11-5-3-2-4-10(11)6-12-13/h2-6H,7H2,1H3. The normalized spacial score (nSPS) is 13.4. The van der Waals surface area contributed by atoms with Gasteiger partial charge in [-0.2, -0.15) is 5.10 Å². The summed E-state index contributed by atoms with van der Waals surface area (Å²) in [5.41, 5.74) is 2.80. The first kappa shape index (κ1) is 8.73. The van der Waals surface area contributed by atoms with Gasteiger partial charge in [-0.05, 0) is 18.1 Å². The third-order valence-electron chi connectivity index (χ3n) is 2.25. The zero-order valence-electron chi connectivity index (χ0n) is 7.90. The second kappa shape index (κ2) is 3.48. The summed E-state index contributed by atoms with van der Waals surface area (Å²) in [5, 5.41) is 5.80. The van der Waals surface area contributed by atoms with Gasteiger partial charge in [0.1, 0.15) is 11.6 Å². The fourth-order valence-electron chi connectivity index (χ4n) is 1.40. The summed E-state index contributed by atoms with van der Waals surface area (Å²) >= 11 is 0. The van der Waals surface area contributed by atoms with Gasteiger partial charge in [-0.3, -0.25) is 5.01 Å². The second-order valence-corrected chi connectivity index (χ2v) is 3.19. The van der Waals surface area contributed by atoms with E-state index in [2.05, 4.69) is 5.10 Å². The summed E-state index contributed by atoms with van der Waals surface area (Å²) in [6.07, 6.45) is 1.76. The summed E-state index contributed by atoms with van der Waals surface area (Å²) in [5.74, 6) is 1.84. The van der Waals surface area contributed by atoms with Gasteiger partial charge in [0.05, 0.1) is 12.8 Å². The van der Waals surface area contributed by atoms with Crippen LogP contribution in [0.15, 0.2) is 35.1 Å². The molecule has 3 nitrogen and oxygen atoms in total. The van der Waals surface area contributed by atoms with Crippen LogP contribution in [-0.2, 0) is 11.3 Å². The Morgan fingerprint density at radius 1 is 1.50 bits per heavy atom. The maximum Gasteiger partial charge on any atom is 0.147 e. The van der Waals surface area contributed by atoms with E-state index < -0.39 is 0 Å². The Hall–Kier alpha value is -1.86. The van der Waals surface area contributed by atoms with Crippen molar-refractivity contribution in [1.29, 1.82) is 0 Å². The number of carbonyl (C=O) groups excluding carboxylic acids is 1. The van der Waals surface area contributed by atoms with Crippen LogP contribution in [0.4, 0.5) is 0 Å². The molecule has 0 spiro atoms. The van der Waals surface area contributed by atoms with Gasteiger partial charge >= 0.3 is 0 Å². The molecule has 0 amide bonds. The number of nitrogens with zero attached hydrogens (tertiary/aromatic N) is 2. The topological polar surface area (TPSA) is 32.7 Å². The van der Waals surface area contributed by atoms with Crippen LogP contribution in [0.1, 0.15) is 18.1 Å². The molecule has 0 saturated carbocycles. The predicted octanol–water partition coefficient (Wildman–Crippen LogP) is 1.57. The molecular weight excluding hydrogens is 176 g/mol. The Morgan fingerprint density at radius 3 is 3.07 bits per heavy atom. The predicted molar refractivity (Wildman–Crippen MR) is 54.5 cm³/mol. The van der Waals surface area contributed by atoms with Crippen molar-refractivity contribution >= 4 is 12.2 Å². The molecule has 0 fully saturated rings. The molecule has 0 saturated heterocycles. The van der Waals surface area contributed by atoms with Crippen LogP contribution in [-0.4, -0.2) is 17.2 Å². The fourth-order valence-corrected chi connectivity index (χ4v) is 1.40. The summed E-state index contributed by atoms with van der Waals surface area (Å²) in [6.45, 7) is 2.35. The Balaban J connectivity index is 2.34. The second-order valence-electron chi connectivity index (χ2n) is 3.19. The van der Waals surface area contributed by atoms with Crippen molar-refractivity contribution in [2.75, 3.05) is 0 Å². The Bertz CT molecular complexity index is 431. The number of benzene rings is 1. The van der Waals surface area contributed by atoms with E-state index in [1.54, 1.807) is 18.1 Å². The van der Waals surface area contributed by atoms with Crippen LogP contribution in [0.25, 0.3) is 0 Å². The van der Waals surface area contributed by atoms with Gasteiger partial charge in [0, 0.05) is 0 Å². The van der Waals surface area contributed by atoms with Crippen molar-refractivity contribution in [1.82, 2.24) is 5.01 Å². The van der Waals surface area contributed by atoms with Crippen molar-refractivity contribution in [3.8, 4) is 0 Å². The maximum absolute atomic E-state index is 10.4. The molecule has 0 unspecified atom stereocenters. The lowest BCUT2D eigenvalue weighted by Gasteiger charge is -2.22. The molecule has 0 aromatic heterocycles. The van der Waals surface area contributed by atoms with Crippen LogP contribution in [0, 0.1) is 0 Å². The molecule has 2 rings (SSSR count). The van der Waals surface area contributed by atoms with Gasteiger partial charge in [0.25, 0.3) is 0 Å². The maximum atomic E-state index is 10.4. The van der Waals surface area contributed by atoms with Crippen molar-refractivity contribution in [2.45, 2.75) is 13.5 Å². The minimum Gasteiger partial charge on any atom is -0.254 e. The molecule has 70 valence electrons. The molecule has 3 heteroatoms. The number of rotatable bonds is 1.